The van der Waals surface area contributed by atoms with Gasteiger partial charge in [-0.05, 0) is 42.0 Å². The molecule has 0 unspecified atom stereocenters. The number of rotatable bonds is 5. The lowest BCUT2D eigenvalue weighted by atomic mass is 9.60. The van der Waals surface area contributed by atoms with Crippen LogP contribution in [-0.2, 0) is 22.6 Å². The van der Waals surface area contributed by atoms with Crippen molar-refractivity contribution in [3.8, 4) is 5.75 Å². The molecule has 0 saturated carbocycles. The van der Waals surface area contributed by atoms with Crippen molar-refractivity contribution in [3.05, 3.63) is 69.9 Å². The zero-order chi connectivity index (χ0) is 27.5. The molecule has 11 heteroatoms. The van der Waals surface area contributed by atoms with E-state index in [1.807, 2.05) is 11.0 Å². The molecule has 3 aliphatic carbocycles. The van der Waals surface area contributed by atoms with Gasteiger partial charge >= 0.3 is 0 Å². The number of pyridine rings is 1. The van der Waals surface area contributed by atoms with Crippen LogP contribution in [-0.4, -0.2) is 62.6 Å². The molecule has 198 valence electrons. The number of nitrogens with one attached hydrogen (secondary N) is 1. The normalized spacial score (nSPS) is 24.5. The summed E-state index contributed by atoms with van der Waals surface area (Å²) in [4.78, 5) is 44.7. The minimum Gasteiger partial charge on any atom is -0.511 e. The zero-order valence-electron chi connectivity index (χ0n) is 20.9. The van der Waals surface area contributed by atoms with E-state index in [4.69, 9.17) is 5.73 Å². The Labute approximate surface area is 217 Å². The summed E-state index contributed by atoms with van der Waals surface area (Å²) in [5.41, 5.74) is 4.00. The summed E-state index contributed by atoms with van der Waals surface area (Å²) in [7, 11) is 3.61. The molecule has 0 fully saturated rings. The van der Waals surface area contributed by atoms with Gasteiger partial charge in [0.2, 0.25) is 5.78 Å². The number of fused-ring (bicyclic) bond motifs is 3. The van der Waals surface area contributed by atoms with Gasteiger partial charge in [0.15, 0.2) is 11.4 Å². The van der Waals surface area contributed by atoms with E-state index in [9.17, 15) is 34.8 Å². The lowest BCUT2D eigenvalue weighted by Gasteiger charge is -2.46. The number of aromatic hydroxyl groups is 1. The van der Waals surface area contributed by atoms with Gasteiger partial charge in [-0.2, -0.15) is 0 Å². The van der Waals surface area contributed by atoms with E-state index in [1.54, 1.807) is 38.6 Å². The minimum atomic E-state index is -2.59. The molecule has 5 rings (SSSR count). The molecule has 1 amide bonds. The fourth-order valence-corrected chi connectivity index (χ4v) is 5.90. The lowest BCUT2D eigenvalue weighted by molar-refractivity contribution is -0.144. The van der Waals surface area contributed by atoms with Crippen LogP contribution in [0.15, 0.2) is 53.3 Å². The summed E-state index contributed by atoms with van der Waals surface area (Å²) < 4.78 is 0. The van der Waals surface area contributed by atoms with Crippen molar-refractivity contribution in [1.29, 1.82) is 0 Å². The van der Waals surface area contributed by atoms with Gasteiger partial charge in [0, 0.05) is 56.6 Å². The SMILES string of the molecule is CN(C)c1cc(NCc2cccnc2)c(O)c2c1C[C@H]1C[C@H]3CC(O)=C(C(N)=O)C(=O)[C@@]3(O)C(O)=C1C2=O. The highest BCUT2D eigenvalue weighted by Crippen LogP contribution is 2.53. The van der Waals surface area contributed by atoms with Crippen LogP contribution in [0, 0.1) is 11.8 Å². The molecule has 0 radical (unpaired) electrons. The maximum absolute atomic E-state index is 13.9. The van der Waals surface area contributed by atoms with Crippen LogP contribution in [0.25, 0.3) is 0 Å². The second kappa shape index (κ2) is 8.88. The number of aliphatic hydroxyl groups is 3. The summed E-state index contributed by atoms with van der Waals surface area (Å²) in [6, 6.07) is 5.37. The van der Waals surface area contributed by atoms with E-state index in [1.165, 1.54) is 0 Å². The summed E-state index contributed by atoms with van der Waals surface area (Å²) in [5.74, 6) is -6.52. The van der Waals surface area contributed by atoms with Crippen LogP contribution in [0.2, 0.25) is 0 Å². The van der Waals surface area contributed by atoms with Gasteiger partial charge in [-0.1, -0.05) is 6.07 Å². The van der Waals surface area contributed by atoms with Gasteiger partial charge in [0.05, 0.1) is 11.3 Å². The third-order valence-electron chi connectivity index (χ3n) is 7.73. The predicted octanol–water partition coefficient (Wildman–Crippen LogP) is 1.65. The smallest absolute Gasteiger partial charge is 0.255 e. The van der Waals surface area contributed by atoms with Crippen molar-refractivity contribution >= 4 is 28.8 Å². The molecule has 0 aliphatic heterocycles. The summed E-state index contributed by atoms with van der Waals surface area (Å²) in [6.07, 6.45) is 3.36. The predicted molar refractivity (Wildman–Crippen MR) is 137 cm³/mol. The molecule has 1 heterocycles. The van der Waals surface area contributed by atoms with E-state index in [0.29, 0.717) is 17.8 Å². The Hall–Kier alpha value is -4.38. The van der Waals surface area contributed by atoms with Crippen molar-refractivity contribution in [2.24, 2.45) is 17.6 Å². The maximum atomic E-state index is 13.9. The monoisotopic (exact) mass is 520 g/mol. The standard InChI is InChI=1S/C27H28N4O7/c1-31(2)17-9-16(30-11-12-4-3-5-29-10-12)22(33)20-15(17)7-13-6-14-8-18(32)21(26(28)37)25(36)27(14,38)24(35)19(13)23(20)34/h3-5,9-10,13-14,30,32-33,35,38H,6-8,11H2,1-2H3,(H2,28,37)/t13-,14+,27+/m1/s1. The third kappa shape index (κ3) is 3.61. The maximum Gasteiger partial charge on any atom is 0.255 e. The molecular weight excluding hydrogens is 492 g/mol. The molecule has 0 bridgehead atoms. The van der Waals surface area contributed by atoms with Crippen LogP contribution in [0.4, 0.5) is 11.4 Å². The molecule has 1 aromatic heterocycles. The summed E-state index contributed by atoms with van der Waals surface area (Å²) in [6.45, 7) is 0.319. The van der Waals surface area contributed by atoms with Gasteiger partial charge in [0.1, 0.15) is 22.8 Å². The number of carbonyl (C=O) groups is 3. The fourth-order valence-electron chi connectivity index (χ4n) is 5.90. The van der Waals surface area contributed by atoms with Gasteiger partial charge in [0.25, 0.3) is 5.91 Å². The topological polar surface area (TPSA) is 186 Å². The first-order valence-corrected chi connectivity index (χ1v) is 12.1. The molecule has 38 heavy (non-hydrogen) atoms. The molecule has 3 aliphatic rings. The number of nitrogens with two attached hydrogens (primary N) is 1. The van der Waals surface area contributed by atoms with Gasteiger partial charge in [-0.15, -0.1) is 0 Å². The first kappa shape index (κ1) is 25.3. The van der Waals surface area contributed by atoms with Crippen LogP contribution < -0.4 is 16.0 Å². The summed E-state index contributed by atoms with van der Waals surface area (Å²) >= 11 is 0. The number of nitrogens with zero attached hydrogens (tertiary/aromatic N) is 2. The van der Waals surface area contributed by atoms with E-state index in [0.717, 1.165) is 5.56 Å². The Bertz CT molecular complexity index is 1450. The molecule has 7 N–H and O–H groups in total. The number of phenols is 1. The molecule has 3 atom stereocenters. The Morgan fingerprint density at radius 2 is 1.97 bits per heavy atom. The van der Waals surface area contributed by atoms with Crippen LogP contribution >= 0.6 is 0 Å². The highest BCUT2D eigenvalue weighted by atomic mass is 16.3. The highest BCUT2D eigenvalue weighted by Gasteiger charge is 2.59. The highest BCUT2D eigenvalue weighted by molar-refractivity contribution is 6.24. The number of anilines is 2. The van der Waals surface area contributed by atoms with Gasteiger partial charge in [-0.25, -0.2) is 0 Å². The summed E-state index contributed by atoms with van der Waals surface area (Å²) in [5, 5.41) is 47.3. The van der Waals surface area contributed by atoms with Crippen LogP contribution in [0.1, 0.15) is 34.3 Å². The van der Waals surface area contributed by atoms with Crippen molar-refractivity contribution < 1.29 is 34.8 Å². The van der Waals surface area contributed by atoms with Crippen molar-refractivity contribution in [2.45, 2.75) is 31.4 Å². The molecule has 11 nitrogen and oxygen atoms in total. The van der Waals surface area contributed by atoms with Crippen LogP contribution in [0.3, 0.4) is 0 Å². The zero-order valence-corrected chi connectivity index (χ0v) is 20.9. The number of aliphatic hydroxyl groups excluding tert-OH is 2. The third-order valence-corrected chi connectivity index (χ3v) is 7.73. The van der Waals surface area contributed by atoms with Gasteiger partial charge in [-0.3, -0.25) is 19.4 Å². The Balaban J connectivity index is 1.62. The number of allylic oxidation sites excluding steroid dienone is 2. The Morgan fingerprint density at radius 3 is 2.61 bits per heavy atom. The number of phenolic OH excluding ortho intramolecular Hbond substituents is 1. The van der Waals surface area contributed by atoms with Crippen molar-refractivity contribution in [1.82, 2.24) is 4.98 Å². The van der Waals surface area contributed by atoms with E-state index >= 15 is 0 Å². The van der Waals surface area contributed by atoms with E-state index in [2.05, 4.69) is 10.3 Å². The number of benzene rings is 1. The average molecular weight is 521 g/mol. The largest absolute Gasteiger partial charge is 0.511 e. The number of amides is 1. The first-order chi connectivity index (χ1) is 18.0. The minimum absolute atomic E-state index is 0.0403. The second-order valence-corrected chi connectivity index (χ2v) is 10.2. The fraction of sp³-hybridized carbons (Fsp3) is 0.333. The number of primary amides is 1. The number of hydrogen-bond donors (Lipinski definition) is 6. The molecular formula is C27H28N4O7. The molecule has 0 spiro atoms. The number of Topliss-reactive ketones (excluding diaryl/α,β-unsaturated/α-hetero) is 2. The van der Waals surface area contributed by atoms with Crippen molar-refractivity contribution in [3.63, 3.8) is 0 Å². The van der Waals surface area contributed by atoms with Crippen LogP contribution in [0.5, 0.6) is 5.75 Å². The molecule has 0 saturated heterocycles. The van der Waals surface area contributed by atoms with E-state index < -0.39 is 52.0 Å². The number of aromatic nitrogens is 1. The Morgan fingerprint density at radius 1 is 1.24 bits per heavy atom. The Kier molecular flexibility index (Phi) is 5.90. The quantitative estimate of drug-likeness (QED) is 0.250. The first-order valence-electron chi connectivity index (χ1n) is 12.1. The number of carbonyl (C=O) groups excluding carboxylic acids is 3. The second-order valence-electron chi connectivity index (χ2n) is 10.2. The molecule has 2 aromatic rings. The molecule has 1 aromatic carbocycles. The number of ketones is 2. The van der Waals surface area contributed by atoms with E-state index in [-0.39, 0.29) is 41.8 Å². The lowest BCUT2D eigenvalue weighted by Crippen LogP contribution is -2.57. The van der Waals surface area contributed by atoms with Gasteiger partial charge < -0.3 is 36.4 Å². The average Bonchev–Trinajstić information content (AvgIpc) is 2.86. The number of hydrogen-bond acceptors (Lipinski definition) is 10. The van der Waals surface area contributed by atoms with Crippen molar-refractivity contribution in [2.75, 3.05) is 24.3 Å².